The number of hydrogen-bond donors (Lipinski definition) is 2. The van der Waals surface area contributed by atoms with Crippen LogP contribution in [0.5, 0.6) is 0 Å². The zero-order valence-corrected chi connectivity index (χ0v) is 27.8. The van der Waals surface area contributed by atoms with Crippen molar-refractivity contribution in [2.75, 3.05) is 26.2 Å². The van der Waals surface area contributed by atoms with Gasteiger partial charge in [-0.1, -0.05) is 55.7 Å². The van der Waals surface area contributed by atoms with E-state index in [0.717, 1.165) is 37.7 Å². The highest BCUT2D eigenvalue weighted by Gasteiger charge is 2.53. The largest absolute Gasteiger partial charge is 0.447 e. The van der Waals surface area contributed by atoms with Crippen LogP contribution in [0, 0.1) is 23.1 Å². The Morgan fingerprint density at radius 3 is 2.30 bits per heavy atom. The first-order valence-electron chi connectivity index (χ1n) is 17.7. The number of halogens is 1. The van der Waals surface area contributed by atoms with Crippen LogP contribution in [-0.4, -0.2) is 71.6 Å². The Hall–Kier alpha value is -3.46. The van der Waals surface area contributed by atoms with E-state index in [1.807, 2.05) is 21.9 Å². The number of nitrogens with two attached hydrogens (primary N) is 1. The lowest BCUT2D eigenvalue weighted by Crippen LogP contribution is -2.58. The average molecular weight is 645 g/mol. The van der Waals surface area contributed by atoms with Crippen molar-refractivity contribution < 1.29 is 23.5 Å². The highest BCUT2D eigenvalue weighted by atomic mass is 19.1. The Morgan fingerprint density at radius 1 is 1.00 bits per heavy atom. The highest BCUT2D eigenvalue weighted by molar-refractivity contribution is 5.90. The number of carbonyl (C=O) groups is 3. The van der Waals surface area contributed by atoms with Crippen molar-refractivity contribution in [1.82, 2.24) is 15.1 Å². The molecular weight excluding hydrogens is 595 g/mol. The highest BCUT2D eigenvalue weighted by Crippen LogP contribution is 2.55. The van der Waals surface area contributed by atoms with Gasteiger partial charge in [0.25, 0.3) is 0 Å². The lowest BCUT2D eigenvalue weighted by molar-refractivity contribution is -0.140. The van der Waals surface area contributed by atoms with Crippen LogP contribution in [0.1, 0.15) is 93.7 Å². The fourth-order valence-electron chi connectivity index (χ4n) is 9.66. The van der Waals surface area contributed by atoms with Crippen LogP contribution in [0.25, 0.3) is 0 Å². The van der Waals surface area contributed by atoms with Crippen molar-refractivity contribution in [2.24, 2.45) is 23.0 Å². The van der Waals surface area contributed by atoms with Gasteiger partial charge in [0.2, 0.25) is 11.8 Å². The molecule has 5 aliphatic rings. The van der Waals surface area contributed by atoms with Crippen LogP contribution in [0.2, 0.25) is 0 Å². The topological polar surface area (TPSA) is 105 Å². The van der Waals surface area contributed by atoms with Gasteiger partial charge in [-0.05, 0) is 92.0 Å². The SMILES string of the molecule is CC1(C)COC(=O)N1CC1(C2CCCCC2)CCN(C(=O)[C@@H](Cc2ccc(F)cc2)NC(=O)C2C3CC(c4ccccc43)C2N)CC1. The van der Waals surface area contributed by atoms with Crippen LogP contribution in [0.4, 0.5) is 9.18 Å². The molecule has 2 aromatic carbocycles. The fourth-order valence-corrected chi connectivity index (χ4v) is 9.66. The van der Waals surface area contributed by atoms with Gasteiger partial charge in [0, 0.05) is 38.0 Å². The van der Waals surface area contributed by atoms with Crippen molar-refractivity contribution >= 4 is 17.9 Å². The number of fused-ring (bicyclic) bond motifs is 5. The van der Waals surface area contributed by atoms with E-state index in [0.29, 0.717) is 32.2 Å². The molecule has 3 amide bonds. The lowest BCUT2D eigenvalue weighted by atomic mass is 9.63. The molecule has 2 heterocycles. The number of benzene rings is 2. The summed E-state index contributed by atoms with van der Waals surface area (Å²) >= 11 is 0. The summed E-state index contributed by atoms with van der Waals surface area (Å²) in [6.45, 7) is 6.29. The first-order chi connectivity index (χ1) is 22.6. The second kappa shape index (κ2) is 12.5. The fraction of sp³-hybridized carbons (Fsp3) is 0.605. The molecule has 2 saturated heterocycles. The number of carbonyl (C=O) groups excluding carboxylic acids is 3. The van der Waals surface area contributed by atoms with Gasteiger partial charge in [0.05, 0.1) is 11.5 Å². The zero-order valence-electron chi connectivity index (χ0n) is 27.8. The number of likely N-dealkylation sites (tertiary alicyclic amines) is 1. The summed E-state index contributed by atoms with van der Waals surface area (Å²) in [5.74, 6) is -0.350. The molecule has 5 atom stereocenters. The molecule has 7 rings (SSSR count). The Bertz CT molecular complexity index is 1500. The Kier molecular flexibility index (Phi) is 8.56. The van der Waals surface area contributed by atoms with Crippen LogP contribution >= 0.6 is 0 Å². The number of nitrogens with zero attached hydrogens (tertiary/aromatic N) is 2. The van der Waals surface area contributed by atoms with Gasteiger partial charge in [-0.3, -0.25) is 14.5 Å². The normalized spacial score (nSPS) is 28.6. The van der Waals surface area contributed by atoms with E-state index in [2.05, 4.69) is 31.3 Å². The molecule has 0 aromatic heterocycles. The average Bonchev–Trinajstić information content (AvgIpc) is 3.71. The first kappa shape index (κ1) is 32.1. The molecule has 252 valence electrons. The number of amides is 3. The molecule has 8 nitrogen and oxygen atoms in total. The van der Waals surface area contributed by atoms with Gasteiger partial charge in [0.1, 0.15) is 18.5 Å². The maximum absolute atomic E-state index is 14.4. The van der Waals surface area contributed by atoms with E-state index in [1.54, 1.807) is 12.1 Å². The smallest absolute Gasteiger partial charge is 0.410 e. The van der Waals surface area contributed by atoms with Crippen molar-refractivity contribution in [1.29, 1.82) is 0 Å². The molecule has 9 heteroatoms. The maximum Gasteiger partial charge on any atom is 0.410 e. The van der Waals surface area contributed by atoms with Crippen LogP contribution in [0.15, 0.2) is 48.5 Å². The Labute approximate surface area is 277 Å². The lowest BCUT2D eigenvalue weighted by Gasteiger charge is -2.51. The summed E-state index contributed by atoms with van der Waals surface area (Å²) in [6.07, 6.45) is 8.42. The molecule has 3 aliphatic carbocycles. The van der Waals surface area contributed by atoms with Gasteiger partial charge in [-0.2, -0.15) is 0 Å². The van der Waals surface area contributed by atoms with Gasteiger partial charge in [0.15, 0.2) is 0 Å². The van der Waals surface area contributed by atoms with Crippen molar-refractivity contribution in [3.63, 3.8) is 0 Å². The van der Waals surface area contributed by atoms with Gasteiger partial charge >= 0.3 is 6.09 Å². The number of cyclic esters (lactones) is 1. The van der Waals surface area contributed by atoms with Gasteiger partial charge in [-0.15, -0.1) is 0 Å². The second-order valence-corrected chi connectivity index (χ2v) is 15.5. The molecule has 0 radical (unpaired) electrons. The van der Waals surface area contributed by atoms with E-state index >= 15 is 0 Å². The minimum absolute atomic E-state index is 0.0420. The van der Waals surface area contributed by atoms with Crippen LogP contribution in [0.3, 0.4) is 0 Å². The molecule has 3 N–H and O–H groups in total. The molecule has 2 aromatic rings. The molecule has 47 heavy (non-hydrogen) atoms. The van der Waals surface area contributed by atoms with Crippen molar-refractivity contribution in [3.05, 3.63) is 71.0 Å². The van der Waals surface area contributed by atoms with Gasteiger partial charge in [-0.25, -0.2) is 9.18 Å². The number of nitrogens with one attached hydrogen (secondary N) is 1. The molecule has 4 fully saturated rings. The minimum atomic E-state index is -0.788. The minimum Gasteiger partial charge on any atom is -0.447 e. The molecular formula is C38H49FN4O4. The molecule has 2 aliphatic heterocycles. The molecule has 4 unspecified atom stereocenters. The summed E-state index contributed by atoms with van der Waals surface area (Å²) < 4.78 is 19.3. The first-order valence-corrected chi connectivity index (χ1v) is 17.7. The predicted octanol–water partition coefficient (Wildman–Crippen LogP) is 5.50. The van der Waals surface area contributed by atoms with Crippen molar-refractivity contribution in [2.45, 2.75) is 101 Å². The summed E-state index contributed by atoms with van der Waals surface area (Å²) in [5.41, 5.74) is 9.48. The number of ether oxygens (including phenoxy) is 1. The van der Waals surface area contributed by atoms with E-state index in [9.17, 15) is 18.8 Å². The molecule has 2 bridgehead atoms. The van der Waals surface area contributed by atoms with E-state index in [4.69, 9.17) is 10.5 Å². The predicted molar refractivity (Wildman–Crippen MR) is 177 cm³/mol. The Balaban J connectivity index is 1.10. The molecule has 0 spiro atoms. The molecule has 2 saturated carbocycles. The maximum atomic E-state index is 14.4. The second-order valence-electron chi connectivity index (χ2n) is 15.5. The Morgan fingerprint density at radius 2 is 1.66 bits per heavy atom. The number of piperidine rings is 1. The van der Waals surface area contributed by atoms with E-state index in [1.165, 1.54) is 42.5 Å². The third kappa shape index (κ3) is 5.93. The monoisotopic (exact) mass is 644 g/mol. The third-order valence-electron chi connectivity index (χ3n) is 12.4. The summed E-state index contributed by atoms with van der Waals surface area (Å²) in [5, 5.41) is 3.15. The number of rotatable bonds is 8. The van der Waals surface area contributed by atoms with Crippen LogP contribution in [-0.2, 0) is 20.7 Å². The summed E-state index contributed by atoms with van der Waals surface area (Å²) in [7, 11) is 0. The van der Waals surface area contributed by atoms with Gasteiger partial charge < -0.3 is 20.7 Å². The summed E-state index contributed by atoms with van der Waals surface area (Å²) in [6, 6.07) is 13.3. The zero-order chi connectivity index (χ0) is 32.9. The van der Waals surface area contributed by atoms with E-state index in [-0.39, 0.29) is 59.0 Å². The third-order valence-corrected chi connectivity index (χ3v) is 12.4. The standard InChI is InChI=1S/C38H49FN4O4/c1-37(2)23-47-36(46)43(37)22-38(25-8-4-3-5-9-25)16-18-42(19-17-38)35(45)31(20-24-12-14-26(39)15-13-24)41-34(44)32-29-21-30(33(32)40)28-11-7-6-10-27(28)29/h6-7,10-15,25,29-33H,3-5,8-9,16-23,40H2,1-2H3,(H,41,44)/t29?,30?,31-,32?,33?/m1/s1. The van der Waals surface area contributed by atoms with Crippen LogP contribution < -0.4 is 11.1 Å². The van der Waals surface area contributed by atoms with E-state index < -0.39 is 12.0 Å². The van der Waals surface area contributed by atoms with Crippen molar-refractivity contribution in [3.8, 4) is 0 Å². The summed E-state index contributed by atoms with van der Waals surface area (Å²) in [4.78, 5) is 45.1. The number of hydrogen-bond acceptors (Lipinski definition) is 5. The quantitative estimate of drug-likeness (QED) is 0.395.